The van der Waals surface area contributed by atoms with Crippen LogP contribution in [0.15, 0.2) is 30.3 Å². The molecule has 1 aliphatic heterocycles. The van der Waals surface area contributed by atoms with Crippen molar-refractivity contribution in [3.05, 3.63) is 41.5 Å². The fourth-order valence-electron chi connectivity index (χ4n) is 3.55. The van der Waals surface area contributed by atoms with E-state index in [0.29, 0.717) is 0 Å². The average Bonchev–Trinajstić information content (AvgIpc) is 3.16. The minimum atomic E-state index is -9.02. The average molecular weight is 695 g/mol. The molecular weight excluding hydrogens is 689 g/mol. The van der Waals surface area contributed by atoms with Crippen LogP contribution in [0.2, 0.25) is 0 Å². The first-order valence-electron chi connectivity index (χ1n) is 10.4. The summed E-state index contributed by atoms with van der Waals surface area (Å²) in [7, 11) is -8.03. The van der Waals surface area contributed by atoms with Gasteiger partial charge in [-0.05, 0) is 16.8 Å². The second-order valence-corrected chi connectivity index (χ2v) is 10.2. The predicted molar refractivity (Wildman–Crippen MR) is 106 cm³/mol. The number of halogens is 17. The van der Waals surface area contributed by atoms with Crippen LogP contribution in [-0.4, -0.2) is 67.2 Å². The monoisotopic (exact) mass is 695 g/mol. The molecule has 0 saturated heterocycles. The van der Waals surface area contributed by atoms with Crippen molar-refractivity contribution < 1.29 is 96.8 Å². The van der Waals surface area contributed by atoms with Gasteiger partial charge in [0.25, 0.3) is 11.8 Å². The summed E-state index contributed by atoms with van der Waals surface area (Å²) in [6.45, 7) is 0. The summed E-state index contributed by atoms with van der Waals surface area (Å²) < 4.78 is 257. The van der Waals surface area contributed by atoms with Gasteiger partial charge in [0, 0.05) is 0 Å². The zero-order chi connectivity index (χ0) is 34.5. The lowest BCUT2D eigenvalue weighted by Gasteiger charge is -2.42. The van der Waals surface area contributed by atoms with Crippen molar-refractivity contribution in [1.29, 1.82) is 0 Å². The number of alkyl halides is 17. The molecule has 0 saturated carbocycles. The fraction of sp³-hybridized carbons (Fsp3) is 0.400. The van der Waals surface area contributed by atoms with E-state index >= 15 is 0 Å². The molecule has 1 N–H and O–H groups in total. The van der Waals surface area contributed by atoms with Crippen molar-refractivity contribution in [2.24, 2.45) is 0 Å². The van der Waals surface area contributed by atoms with Crippen LogP contribution >= 0.6 is 0 Å². The molecule has 6 nitrogen and oxygen atoms in total. The van der Waals surface area contributed by atoms with E-state index in [1.165, 1.54) is 11.4 Å². The number of hydrogen-bond acceptors (Lipinski definition) is 5. The van der Waals surface area contributed by atoms with E-state index in [4.69, 9.17) is 0 Å². The van der Waals surface area contributed by atoms with E-state index in [1.54, 1.807) is 0 Å². The highest BCUT2D eigenvalue weighted by molar-refractivity contribution is 7.88. The summed E-state index contributed by atoms with van der Waals surface area (Å²) >= 11 is 0. The molecular formula is C20H6F17NO5S. The largest absolute Gasteiger partial charge is 0.460 e. The summed E-state index contributed by atoms with van der Waals surface area (Å²) in [5.41, 5.74) is -2.27. The number of carbonyl (C=O) groups is 2. The van der Waals surface area contributed by atoms with Gasteiger partial charge in [-0.15, -0.1) is 0 Å². The zero-order valence-electron chi connectivity index (χ0n) is 19.8. The first kappa shape index (κ1) is 34.9. The quantitative estimate of drug-likeness (QED) is 0.187. The van der Waals surface area contributed by atoms with Crippen molar-refractivity contribution in [3.8, 4) is 5.75 Å². The number of benzene rings is 2. The molecule has 2 aromatic carbocycles. The van der Waals surface area contributed by atoms with Gasteiger partial charge in [-0.3, -0.25) is 14.9 Å². The summed E-state index contributed by atoms with van der Waals surface area (Å²) in [6, 6.07) is 4.45. The standard InChI is InChI=1S/C20H6F17NO5S/c21-13(22,15(25,26)17(29,30)19(33,34)35)14(23,24)16(27,28)18(31,32)20(36,37)44(41,42)43-8-5-6-3-1-2-4-7(6)9-10(8)12(40)38-11(9)39/h1-5H,(H,38,39,40). The predicted octanol–water partition coefficient (Wildman–Crippen LogP) is 6.40. The Hall–Kier alpha value is -3.60. The van der Waals surface area contributed by atoms with Crippen LogP contribution in [0.3, 0.4) is 0 Å². The molecule has 0 spiro atoms. The molecule has 0 aromatic heterocycles. The molecule has 0 unspecified atom stereocenters. The van der Waals surface area contributed by atoms with Gasteiger partial charge in [-0.1, -0.05) is 24.3 Å². The molecule has 0 bridgehead atoms. The highest BCUT2D eigenvalue weighted by Crippen LogP contribution is 2.64. The Morgan fingerprint density at radius 3 is 1.45 bits per heavy atom. The SMILES string of the molecule is O=C1NC(=O)c2c1c(OS(=O)(=O)C(F)(F)C(F)(F)C(F)(F)C(F)(F)C(F)(F)C(F)(F)C(F)(F)C(F)(F)F)cc1ccccc21. The molecule has 0 fully saturated rings. The molecule has 0 aliphatic carbocycles. The fourth-order valence-corrected chi connectivity index (χ4v) is 4.47. The molecule has 1 heterocycles. The smallest absolute Gasteiger partial charge is 0.377 e. The van der Waals surface area contributed by atoms with Crippen molar-refractivity contribution in [1.82, 2.24) is 5.32 Å². The van der Waals surface area contributed by atoms with E-state index in [9.17, 15) is 92.6 Å². The van der Waals surface area contributed by atoms with Gasteiger partial charge in [-0.25, -0.2) is 0 Å². The lowest BCUT2D eigenvalue weighted by atomic mass is 9.91. The lowest BCUT2D eigenvalue weighted by Crippen LogP contribution is -2.75. The van der Waals surface area contributed by atoms with Gasteiger partial charge < -0.3 is 4.18 Å². The third kappa shape index (κ3) is 4.25. The summed E-state index contributed by atoms with van der Waals surface area (Å²) in [5.74, 6) is -57.6. The minimum Gasteiger partial charge on any atom is -0.377 e. The number of rotatable bonds is 9. The molecule has 2 aromatic rings. The third-order valence-electron chi connectivity index (χ3n) is 5.90. The van der Waals surface area contributed by atoms with E-state index in [1.807, 2.05) is 0 Å². The molecule has 3 rings (SSSR count). The lowest BCUT2D eigenvalue weighted by molar-refractivity contribution is -0.458. The van der Waals surface area contributed by atoms with E-state index in [0.717, 1.165) is 18.2 Å². The maximum atomic E-state index is 14.4. The first-order valence-corrected chi connectivity index (χ1v) is 11.8. The number of imide groups is 1. The molecule has 24 heteroatoms. The van der Waals surface area contributed by atoms with E-state index < -0.39 is 91.2 Å². The molecule has 0 radical (unpaired) electrons. The van der Waals surface area contributed by atoms with Gasteiger partial charge in [0.2, 0.25) is 0 Å². The van der Waals surface area contributed by atoms with Gasteiger partial charge >= 0.3 is 57.1 Å². The van der Waals surface area contributed by atoms with Crippen LogP contribution in [0.5, 0.6) is 5.75 Å². The number of fused-ring (bicyclic) bond motifs is 3. The molecule has 44 heavy (non-hydrogen) atoms. The minimum absolute atomic E-state index is 0.221. The van der Waals surface area contributed by atoms with Crippen LogP contribution in [0.1, 0.15) is 20.7 Å². The Kier molecular flexibility index (Phi) is 7.49. The highest BCUT2D eigenvalue weighted by atomic mass is 32.2. The maximum absolute atomic E-state index is 14.4. The van der Waals surface area contributed by atoms with Crippen LogP contribution in [0.4, 0.5) is 74.6 Å². The van der Waals surface area contributed by atoms with Crippen molar-refractivity contribution in [2.75, 3.05) is 0 Å². The first-order chi connectivity index (χ1) is 19.4. The Bertz CT molecular complexity index is 1650. The molecule has 1 aliphatic rings. The number of carbonyl (C=O) groups excluding carboxylic acids is 2. The van der Waals surface area contributed by atoms with Gasteiger partial charge in [0.05, 0.1) is 11.1 Å². The van der Waals surface area contributed by atoms with Crippen LogP contribution in [-0.2, 0) is 10.1 Å². The van der Waals surface area contributed by atoms with Crippen LogP contribution < -0.4 is 9.50 Å². The van der Waals surface area contributed by atoms with Gasteiger partial charge in [0.15, 0.2) is 5.75 Å². The number of amides is 2. The molecule has 0 atom stereocenters. The van der Waals surface area contributed by atoms with E-state index in [-0.39, 0.29) is 11.5 Å². The summed E-state index contributed by atoms with van der Waals surface area (Å²) in [4.78, 5) is 24.1. The molecule has 246 valence electrons. The summed E-state index contributed by atoms with van der Waals surface area (Å²) in [6.07, 6.45) is -7.96. The second-order valence-electron chi connectivity index (χ2n) is 8.63. The second kappa shape index (κ2) is 9.45. The summed E-state index contributed by atoms with van der Waals surface area (Å²) in [5, 5.41) is -7.22. The third-order valence-corrected chi connectivity index (χ3v) is 7.18. The van der Waals surface area contributed by atoms with Crippen molar-refractivity contribution >= 4 is 32.7 Å². The maximum Gasteiger partial charge on any atom is 0.460 e. The van der Waals surface area contributed by atoms with Crippen LogP contribution in [0.25, 0.3) is 10.8 Å². The number of hydrogen-bond donors (Lipinski definition) is 1. The Labute approximate surface area is 229 Å². The van der Waals surface area contributed by atoms with E-state index in [2.05, 4.69) is 4.18 Å². The zero-order valence-corrected chi connectivity index (χ0v) is 20.6. The Morgan fingerprint density at radius 1 is 0.568 bits per heavy atom. The normalized spacial score (nSPS) is 16.3. The van der Waals surface area contributed by atoms with Gasteiger partial charge in [-0.2, -0.15) is 83.1 Å². The Balaban J connectivity index is 2.17. The molecule has 2 amide bonds. The highest BCUT2D eigenvalue weighted by Gasteiger charge is 2.96. The van der Waals surface area contributed by atoms with Crippen molar-refractivity contribution in [3.63, 3.8) is 0 Å². The van der Waals surface area contributed by atoms with Crippen molar-refractivity contribution in [2.45, 2.75) is 47.0 Å². The Morgan fingerprint density at radius 2 is 0.977 bits per heavy atom. The topological polar surface area (TPSA) is 89.5 Å². The van der Waals surface area contributed by atoms with Crippen LogP contribution in [0, 0.1) is 0 Å². The van der Waals surface area contributed by atoms with Gasteiger partial charge in [0.1, 0.15) is 0 Å². The number of nitrogens with one attached hydrogen (secondary N) is 1.